The molecule has 2 aliphatic rings. The Balaban J connectivity index is 1.89. The van der Waals surface area contributed by atoms with Gasteiger partial charge in [-0.3, -0.25) is 0 Å². The molecule has 0 bridgehead atoms. The zero-order chi connectivity index (χ0) is 18.0. The van der Waals surface area contributed by atoms with E-state index in [-0.39, 0.29) is 0 Å². The summed E-state index contributed by atoms with van der Waals surface area (Å²) >= 11 is 14.7. The van der Waals surface area contributed by atoms with Crippen LogP contribution in [0.2, 0.25) is 0 Å². The van der Waals surface area contributed by atoms with Gasteiger partial charge in [0.2, 0.25) is 0 Å². The molecule has 0 aromatic heterocycles. The van der Waals surface area contributed by atoms with E-state index in [1.807, 2.05) is 0 Å². The van der Waals surface area contributed by atoms with Gasteiger partial charge >= 0.3 is 0 Å². The number of fused-ring (bicyclic) bond motifs is 2. The van der Waals surface area contributed by atoms with Crippen LogP contribution < -0.4 is 0 Å². The van der Waals surface area contributed by atoms with Gasteiger partial charge in [-0.2, -0.15) is 0 Å². The van der Waals surface area contributed by atoms with E-state index in [1.54, 1.807) is 0 Å². The van der Waals surface area contributed by atoms with Crippen LogP contribution in [0.25, 0.3) is 11.1 Å². The van der Waals surface area contributed by atoms with Crippen LogP contribution in [0.1, 0.15) is 49.9 Å². The van der Waals surface area contributed by atoms with Gasteiger partial charge in [0.1, 0.15) is 9.52 Å². The summed E-state index contributed by atoms with van der Waals surface area (Å²) in [5.41, 5.74) is 9.91. The van der Waals surface area contributed by atoms with Gasteiger partial charge in [-0.1, -0.05) is 48.5 Å². The molecule has 2 aromatic carbocycles. The monoisotopic (exact) mass is 382 g/mol. The molecule has 2 aliphatic carbocycles. The summed E-state index contributed by atoms with van der Waals surface area (Å²) in [5.74, 6) is 0. The number of hydrogen-bond acceptors (Lipinski definition) is 0. The smallest absolute Gasteiger partial charge is 0.114 e. The predicted octanol–water partition coefficient (Wildman–Crippen LogP) is 6.49. The molecule has 3 heteroatoms. The molecule has 0 fully saturated rings. The maximum atomic E-state index is 7.34. The first kappa shape index (κ1) is 17.1. The van der Waals surface area contributed by atoms with Crippen molar-refractivity contribution in [3.63, 3.8) is 0 Å². The van der Waals surface area contributed by atoms with Crippen LogP contribution in [0.5, 0.6) is 0 Å². The van der Waals surface area contributed by atoms with Gasteiger partial charge in [0.25, 0.3) is 0 Å². The molecule has 0 saturated heterocycles. The van der Waals surface area contributed by atoms with Crippen molar-refractivity contribution in [1.82, 2.24) is 0 Å². The van der Waals surface area contributed by atoms with Crippen molar-refractivity contribution >= 4 is 43.9 Å². The lowest BCUT2D eigenvalue weighted by Gasteiger charge is -2.34. The molecule has 4 rings (SSSR count). The summed E-state index contributed by atoms with van der Waals surface area (Å²) in [7, 11) is 0.327. The number of allylic oxidation sites excluding steroid dienone is 4. The standard InChI is InChI=1S/C22H20Cl2Si/c1-13-15(3)21(23,19-11-7-5-9-17(13)19)25-22(24)16(4)14(2)18-10-6-8-12-20(18)22/h5-12H,1-4H3. The van der Waals surface area contributed by atoms with Crippen molar-refractivity contribution in [2.24, 2.45) is 0 Å². The highest BCUT2D eigenvalue weighted by molar-refractivity contribution is 6.70. The van der Waals surface area contributed by atoms with Crippen LogP contribution in [0.4, 0.5) is 0 Å². The fourth-order valence-corrected chi connectivity index (χ4v) is 7.64. The van der Waals surface area contributed by atoms with Gasteiger partial charge in [-0.05, 0) is 72.2 Å². The Morgan fingerprint density at radius 1 is 0.640 bits per heavy atom. The summed E-state index contributed by atoms with van der Waals surface area (Å²) in [6.07, 6.45) is 0. The molecule has 0 heterocycles. The predicted molar refractivity (Wildman–Crippen MR) is 110 cm³/mol. The number of rotatable bonds is 2. The SMILES string of the molecule is CC1=C(C)C(Cl)([Si]C2(Cl)C(C)=C(C)c3ccccc32)c2ccccc21. The summed E-state index contributed by atoms with van der Waals surface area (Å²) in [6, 6.07) is 17.0. The van der Waals surface area contributed by atoms with Crippen molar-refractivity contribution in [3.05, 3.63) is 81.9 Å². The molecule has 2 unspecified atom stereocenters. The van der Waals surface area contributed by atoms with Crippen LogP contribution in [-0.2, 0) is 8.99 Å². The zero-order valence-electron chi connectivity index (χ0n) is 14.9. The molecule has 2 atom stereocenters. The van der Waals surface area contributed by atoms with Gasteiger partial charge in [0.15, 0.2) is 0 Å². The highest BCUT2D eigenvalue weighted by atomic mass is 35.5. The fourth-order valence-electron chi connectivity index (χ4n) is 4.11. The lowest BCUT2D eigenvalue weighted by atomic mass is 10.1. The molecule has 126 valence electrons. The van der Waals surface area contributed by atoms with Crippen LogP contribution >= 0.6 is 23.2 Å². The Bertz CT molecular complexity index is 879. The van der Waals surface area contributed by atoms with Crippen LogP contribution in [0.3, 0.4) is 0 Å². The first-order chi connectivity index (χ1) is 11.8. The third-order valence-corrected chi connectivity index (χ3v) is 9.43. The summed E-state index contributed by atoms with van der Waals surface area (Å²) in [6.45, 7) is 8.64. The average Bonchev–Trinajstić information content (AvgIpc) is 2.93. The Kier molecular flexibility index (Phi) is 3.84. The van der Waals surface area contributed by atoms with E-state index >= 15 is 0 Å². The molecular formula is C22H20Cl2Si. The first-order valence-corrected chi connectivity index (χ1v) is 10.3. The molecule has 0 spiro atoms. The first-order valence-electron chi connectivity index (χ1n) is 8.53. The second-order valence-electron chi connectivity index (χ2n) is 7.03. The molecule has 2 radical (unpaired) electrons. The van der Waals surface area contributed by atoms with Crippen LogP contribution in [0, 0.1) is 0 Å². The van der Waals surface area contributed by atoms with Crippen molar-refractivity contribution in [2.45, 2.75) is 36.7 Å². The Hall–Kier alpha value is -1.28. The lowest BCUT2D eigenvalue weighted by Crippen LogP contribution is -2.40. The highest BCUT2D eigenvalue weighted by Crippen LogP contribution is 2.56. The van der Waals surface area contributed by atoms with Gasteiger partial charge in [0.05, 0.1) is 8.99 Å². The van der Waals surface area contributed by atoms with E-state index in [4.69, 9.17) is 23.2 Å². The summed E-state index contributed by atoms with van der Waals surface area (Å²) in [4.78, 5) is 0. The van der Waals surface area contributed by atoms with Crippen molar-refractivity contribution < 1.29 is 0 Å². The Morgan fingerprint density at radius 3 is 1.40 bits per heavy atom. The van der Waals surface area contributed by atoms with E-state index in [1.165, 1.54) is 44.5 Å². The van der Waals surface area contributed by atoms with Gasteiger partial charge in [-0.15, -0.1) is 23.2 Å². The normalized spacial score (nSPS) is 27.8. The molecular weight excluding hydrogens is 363 g/mol. The molecule has 0 amide bonds. The third-order valence-electron chi connectivity index (χ3n) is 5.91. The van der Waals surface area contributed by atoms with Gasteiger partial charge in [-0.25, -0.2) is 0 Å². The maximum absolute atomic E-state index is 7.34. The zero-order valence-corrected chi connectivity index (χ0v) is 17.4. The van der Waals surface area contributed by atoms with E-state index in [0.29, 0.717) is 9.52 Å². The van der Waals surface area contributed by atoms with Crippen LogP contribution in [0.15, 0.2) is 59.7 Å². The molecule has 2 aromatic rings. The number of benzene rings is 2. The number of alkyl halides is 2. The van der Waals surface area contributed by atoms with Crippen LogP contribution in [-0.4, -0.2) is 9.52 Å². The largest absolute Gasteiger partial charge is 0.118 e. The van der Waals surface area contributed by atoms with E-state index in [0.717, 1.165) is 0 Å². The third kappa shape index (κ3) is 2.19. The van der Waals surface area contributed by atoms with E-state index in [9.17, 15) is 0 Å². The minimum absolute atomic E-state index is 0.327. The molecule has 0 nitrogen and oxygen atoms in total. The van der Waals surface area contributed by atoms with Crippen molar-refractivity contribution in [3.8, 4) is 0 Å². The summed E-state index contributed by atoms with van der Waals surface area (Å²) in [5, 5.41) is 0. The van der Waals surface area contributed by atoms with Crippen molar-refractivity contribution in [2.75, 3.05) is 0 Å². The van der Waals surface area contributed by atoms with E-state index < -0.39 is 8.99 Å². The van der Waals surface area contributed by atoms with E-state index in [2.05, 4.69) is 76.2 Å². The quantitative estimate of drug-likeness (QED) is 0.411. The Morgan fingerprint density at radius 2 is 1.00 bits per heavy atom. The Labute approximate surface area is 162 Å². The average molecular weight is 383 g/mol. The van der Waals surface area contributed by atoms with Gasteiger partial charge < -0.3 is 0 Å². The lowest BCUT2D eigenvalue weighted by molar-refractivity contribution is 0.925. The second-order valence-corrected chi connectivity index (χ2v) is 10.6. The fraction of sp³-hybridized carbons (Fsp3) is 0.273. The molecule has 0 N–H and O–H groups in total. The second kappa shape index (κ2) is 5.61. The maximum Gasteiger partial charge on any atom is 0.118 e. The van der Waals surface area contributed by atoms with Gasteiger partial charge in [0, 0.05) is 0 Å². The molecule has 0 saturated carbocycles. The summed E-state index contributed by atoms with van der Waals surface area (Å²) < 4.78 is -1.08. The highest BCUT2D eigenvalue weighted by Gasteiger charge is 2.51. The minimum atomic E-state index is -0.540. The molecule has 0 aliphatic heterocycles. The number of hydrogen-bond donors (Lipinski definition) is 0. The van der Waals surface area contributed by atoms with Crippen molar-refractivity contribution in [1.29, 1.82) is 0 Å². The number of halogens is 2. The molecule has 25 heavy (non-hydrogen) atoms. The minimum Gasteiger partial charge on any atom is -0.114 e. The topological polar surface area (TPSA) is 0 Å².